The second-order valence-electron chi connectivity index (χ2n) is 6.50. The summed E-state index contributed by atoms with van der Waals surface area (Å²) in [6.45, 7) is 10.1. The van der Waals surface area contributed by atoms with Gasteiger partial charge in [0.25, 0.3) is 0 Å². The smallest absolute Gasteiger partial charge is 0.870 e. The van der Waals surface area contributed by atoms with Crippen LogP contribution in [0.25, 0.3) is 0 Å². The molecule has 0 spiro atoms. The van der Waals surface area contributed by atoms with Crippen molar-refractivity contribution < 1.29 is 133 Å². The van der Waals surface area contributed by atoms with Gasteiger partial charge in [-0.3, -0.25) is 4.79 Å². The monoisotopic (exact) mass is 450 g/mol. The van der Waals surface area contributed by atoms with Crippen molar-refractivity contribution in [1.82, 2.24) is 0 Å². The predicted octanol–water partition coefficient (Wildman–Crippen LogP) is -4.56. The summed E-state index contributed by atoms with van der Waals surface area (Å²) in [6, 6.07) is 4.07. The van der Waals surface area contributed by atoms with E-state index >= 15 is 0 Å². The van der Waals surface area contributed by atoms with Gasteiger partial charge in [-0.15, -0.1) is 0 Å². The number of nitriles is 2. The van der Waals surface area contributed by atoms with E-state index in [4.69, 9.17) is 15.3 Å². The van der Waals surface area contributed by atoms with Crippen molar-refractivity contribution in [3.8, 4) is 12.1 Å². The summed E-state index contributed by atoms with van der Waals surface area (Å²) in [5.41, 5.74) is 0. The van der Waals surface area contributed by atoms with Crippen LogP contribution in [0.4, 0.5) is 0 Å². The van der Waals surface area contributed by atoms with Gasteiger partial charge in [0.15, 0.2) is 0 Å². The third-order valence-electron chi connectivity index (χ3n) is 3.01. The normalized spacial score (nSPS) is 10.6. The van der Waals surface area contributed by atoms with Crippen molar-refractivity contribution in [2.75, 3.05) is 6.61 Å². The molecule has 152 valence electrons. The Labute approximate surface area is 254 Å². The van der Waals surface area contributed by atoms with Crippen LogP contribution in [0, 0.1) is 46.3 Å². The molecule has 10 heteroatoms. The van der Waals surface area contributed by atoms with Crippen LogP contribution < -0.4 is 108 Å². The van der Waals surface area contributed by atoms with E-state index in [1.807, 2.05) is 33.8 Å². The van der Waals surface area contributed by atoms with E-state index < -0.39 is 5.97 Å². The zero-order valence-corrected chi connectivity index (χ0v) is 24.6. The van der Waals surface area contributed by atoms with Gasteiger partial charge < -0.3 is 25.6 Å². The van der Waals surface area contributed by atoms with E-state index in [0.29, 0.717) is 24.9 Å². The fourth-order valence-corrected chi connectivity index (χ4v) is 2.12. The summed E-state index contributed by atoms with van der Waals surface area (Å²) in [5.74, 6) is -1.19. The van der Waals surface area contributed by atoms with Gasteiger partial charge in [-0.2, -0.15) is 10.5 Å². The van der Waals surface area contributed by atoms with Crippen LogP contribution in [0.2, 0.25) is 0 Å². The Morgan fingerprint density at radius 3 is 1.54 bits per heavy atom. The molecule has 0 aromatic heterocycles. The second-order valence-corrected chi connectivity index (χ2v) is 6.50. The van der Waals surface area contributed by atoms with Crippen LogP contribution in [0.3, 0.4) is 0 Å². The number of rotatable bonds is 9. The van der Waals surface area contributed by atoms with Gasteiger partial charge in [0, 0.05) is 12.4 Å². The van der Waals surface area contributed by atoms with Gasteiger partial charge in [-0.1, -0.05) is 27.7 Å². The van der Waals surface area contributed by atoms with Gasteiger partial charge in [0.2, 0.25) is 0 Å². The molecule has 3 N–H and O–H groups in total. The molecule has 0 amide bonds. The Morgan fingerprint density at radius 1 is 0.929 bits per heavy atom. The molecule has 0 bridgehead atoms. The molecule has 2 atom stereocenters. The second kappa shape index (κ2) is 28.1. The number of nitrogens with zero attached hydrogens (tertiary/aromatic N) is 2. The number of hydrogen-bond donors (Lipinski definition) is 0. The topological polar surface area (TPSA) is 176 Å². The van der Waals surface area contributed by atoms with E-state index in [2.05, 4.69) is 6.07 Å². The molecule has 0 unspecified atom stereocenters. The van der Waals surface area contributed by atoms with Crippen LogP contribution in [-0.2, 0) is 14.3 Å². The molecule has 0 heterocycles. The van der Waals surface area contributed by atoms with E-state index in [1.165, 1.54) is 0 Å². The van der Waals surface area contributed by atoms with Gasteiger partial charge in [0.05, 0.1) is 37.0 Å². The van der Waals surface area contributed by atoms with Crippen LogP contribution >= 0.6 is 0 Å². The van der Waals surface area contributed by atoms with Crippen LogP contribution in [0.5, 0.6) is 0 Å². The summed E-state index contributed by atoms with van der Waals surface area (Å²) in [4.78, 5) is 21.1. The molecule has 0 radical (unpaired) electrons. The van der Waals surface area contributed by atoms with Crippen molar-refractivity contribution in [3.63, 3.8) is 0 Å². The molecule has 0 saturated carbocycles. The van der Waals surface area contributed by atoms with Gasteiger partial charge in [0.1, 0.15) is 0 Å². The number of esters is 1. The summed E-state index contributed by atoms with van der Waals surface area (Å²) >= 11 is 0. The zero-order valence-electron chi connectivity index (χ0n) is 18.3. The Kier molecular flexibility index (Phi) is 43.2. The predicted molar refractivity (Wildman–Crippen MR) is 93.5 cm³/mol. The number of carbonyl (C=O) groups is 2. The number of ether oxygens (including phenoxy) is 1. The molecule has 0 aliphatic carbocycles. The number of hydrogen-bond acceptors (Lipinski definition) is 7. The average Bonchev–Trinajstić information content (AvgIpc) is 2.45. The molecule has 28 heavy (non-hydrogen) atoms. The van der Waals surface area contributed by atoms with E-state index in [9.17, 15) is 14.7 Å². The third kappa shape index (κ3) is 31.8. The zero-order chi connectivity index (χ0) is 19.1. The average molecular weight is 451 g/mol. The molecule has 8 nitrogen and oxygen atoms in total. The molecule has 0 aromatic carbocycles. The summed E-state index contributed by atoms with van der Waals surface area (Å²) < 4.78 is 4.77. The van der Waals surface area contributed by atoms with E-state index in [0.717, 1.165) is 6.42 Å². The molecule has 0 aliphatic heterocycles. The minimum atomic E-state index is -1.14. The van der Waals surface area contributed by atoms with Crippen molar-refractivity contribution >= 4 is 11.9 Å². The van der Waals surface area contributed by atoms with Crippen LogP contribution in [0.1, 0.15) is 60.3 Å². The van der Waals surface area contributed by atoms with Crippen molar-refractivity contribution in [2.45, 2.75) is 60.3 Å². The molecule has 0 rings (SSSR count). The molecular weight excluding hydrogens is 418 g/mol. The minimum absolute atomic E-state index is 0. The summed E-state index contributed by atoms with van der Waals surface area (Å²) in [6.07, 6.45) is 1.47. The van der Waals surface area contributed by atoms with E-state index in [1.54, 1.807) is 6.92 Å². The fraction of sp³-hybridized carbons (Fsp3) is 0.778. The molecule has 0 aliphatic rings. The Morgan fingerprint density at radius 2 is 1.29 bits per heavy atom. The van der Waals surface area contributed by atoms with Crippen LogP contribution in [-0.4, -0.2) is 29.5 Å². The first-order chi connectivity index (χ1) is 11.2. The molecule has 0 fully saturated rings. The Bertz CT molecular complexity index is 462. The van der Waals surface area contributed by atoms with Crippen molar-refractivity contribution in [3.05, 3.63) is 0 Å². The Hall–Kier alpha value is 1.11. The van der Waals surface area contributed by atoms with Gasteiger partial charge in [-0.05, 0) is 31.6 Å². The van der Waals surface area contributed by atoms with Crippen molar-refractivity contribution in [2.24, 2.45) is 23.7 Å². The maximum absolute atomic E-state index is 11.0. The number of carboxylic acids is 1. The Balaban J connectivity index is -0.0000000764. The minimum Gasteiger partial charge on any atom is -0.870 e. The maximum Gasteiger partial charge on any atom is 1.00 e. The quantitative estimate of drug-likeness (QED) is 0.251. The molecule has 0 aromatic rings. The third-order valence-corrected chi connectivity index (χ3v) is 3.01. The summed E-state index contributed by atoms with van der Waals surface area (Å²) in [7, 11) is 0. The van der Waals surface area contributed by atoms with Gasteiger partial charge in [-0.25, -0.2) is 0 Å². The van der Waals surface area contributed by atoms with Crippen LogP contribution in [0.15, 0.2) is 0 Å². The van der Waals surface area contributed by atoms with Crippen molar-refractivity contribution in [1.29, 1.82) is 10.5 Å². The SMILES string of the molecule is CC(C)C[C@H](C#N)CC(=O)[O-].CCOC(=O)C[C@@H](C#N)CC(C)C.O.[K+].[K+].[OH-]. The summed E-state index contributed by atoms with van der Waals surface area (Å²) in [5, 5.41) is 27.3. The first kappa shape index (κ1) is 43.1. The molecule has 0 saturated heterocycles. The largest absolute Gasteiger partial charge is 1.00 e. The standard InChI is InChI=1S/C10H17NO2.C8H13NO2.2K.2H2O/c1-4-13-10(12)6-9(7-11)5-8(2)3;1-6(2)3-7(5-9)4-8(10)11;;;;/h8-9H,4-6H2,1-3H3;6-7H,3-4H2,1-2H3,(H,10,11);;;2*1H2/q;;2*+1;;/p-2/t9-;7-;;;;/m00..../s1. The first-order valence-corrected chi connectivity index (χ1v) is 8.30. The fourth-order valence-electron chi connectivity index (χ4n) is 2.12. The van der Waals surface area contributed by atoms with E-state index in [-0.39, 0.29) is 144 Å². The maximum atomic E-state index is 11.0. The number of carboxylic acid groups (broad SMARTS) is 1. The molecular formula is C18H32K2N2O6. The number of aliphatic carboxylic acids is 1. The van der Waals surface area contributed by atoms with Gasteiger partial charge >= 0.3 is 109 Å². The number of carbonyl (C=O) groups excluding carboxylic acids is 2. The first-order valence-electron chi connectivity index (χ1n) is 8.30.